The van der Waals surface area contributed by atoms with Gasteiger partial charge in [-0.25, -0.2) is 4.68 Å². The highest BCUT2D eigenvalue weighted by Gasteiger charge is 2.24. The van der Waals surface area contributed by atoms with Crippen LogP contribution in [0.5, 0.6) is 0 Å². The first-order valence-electron chi connectivity index (χ1n) is 7.47. The normalized spacial score (nSPS) is 12.2. The predicted octanol–water partition coefficient (Wildman–Crippen LogP) is 2.38. The zero-order valence-corrected chi connectivity index (χ0v) is 12.6. The van der Waals surface area contributed by atoms with Crippen LogP contribution in [-0.2, 0) is 4.79 Å². The summed E-state index contributed by atoms with van der Waals surface area (Å²) in [4.78, 5) is 16.1. The summed E-state index contributed by atoms with van der Waals surface area (Å²) in [5.41, 5.74) is 2.52. The molecule has 1 amide bonds. The summed E-state index contributed by atoms with van der Waals surface area (Å²) in [5.74, 6) is -0.206. The summed E-state index contributed by atoms with van der Waals surface area (Å²) in [6.07, 6.45) is 3.28. The second-order valence-electron chi connectivity index (χ2n) is 5.34. The molecule has 0 bridgehead atoms. The minimum atomic E-state index is -0.643. The van der Waals surface area contributed by atoms with Gasteiger partial charge in [0.25, 0.3) is 5.91 Å². The molecule has 24 heavy (non-hydrogen) atoms. The number of anilines is 1. The average molecular weight is 318 g/mol. The Kier molecular flexibility index (Phi) is 3.51. The lowest BCUT2D eigenvalue weighted by molar-refractivity contribution is -0.118. The number of nitrogens with one attached hydrogen (secondary N) is 2. The summed E-state index contributed by atoms with van der Waals surface area (Å²) in [7, 11) is 0. The molecule has 0 spiro atoms. The highest BCUT2D eigenvalue weighted by molar-refractivity contribution is 6.03. The number of H-pyrrole nitrogens is 1. The van der Waals surface area contributed by atoms with Crippen LogP contribution >= 0.6 is 0 Å². The zero-order valence-electron chi connectivity index (χ0n) is 12.6. The third-order valence-corrected chi connectivity index (χ3v) is 3.85. The first-order chi connectivity index (χ1) is 11.8. The number of rotatable bonds is 4. The Balaban J connectivity index is 1.71. The summed E-state index contributed by atoms with van der Waals surface area (Å²) >= 11 is 0. The van der Waals surface area contributed by atoms with Crippen molar-refractivity contribution in [1.82, 2.24) is 25.2 Å². The van der Waals surface area contributed by atoms with Crippen molar-refractivity contribution in [3.05, 3.63) is 72.7 Å². The highest BCUT2D eigenvalue weighted by Crippen LogP contribution is 2.25. The number of tetrazole rings is 1. The fraction of sp³-hybridized carbons (Fsp3) is 0.0588. The standard InChI is InChI=1S/C17H14N6O/c24-17(20-15-8-4-7-14-13(15)9-10-18-14)16(23-11-19-21-22-23)12-5-2-1-3-6-12/h1-11,16,18H,(H,20,24)/t16-/m1/s1. The summed E-state index contributed by atoms with van der Waals surface area (Å²) < 4.78 is 1.45. The minimum Gasteiger partial charge on any atom is -0.361 e. The summed E-state index contributed by atoms with van der Waals surface area (Å²) in [5, 5.41) is 15.1. The van der Waals surface area contributed by atoms with Crippen LogP contribution in [0.3, 0.4) is 0 Å². The monoisotopic (exact) mass is 318 g/mol. The lowest BCUT2D eigenvalue weighted by atomic mass is 10.1. The van der Waals surface area contributed by atoms with E-state index in [4.69, 9.17) is 0 Å². The number of fused-ring (bicyclic) bond motifs is 1. The Labute approximate surface area is 137 Å². The van der Waals surface area contributed by atoms with Crippen LogP contribution < -0.4 is 5.32 Å². The van der Waals surface area contributed by atoms with Gasteiger partial charge in [-0.15, -0.1) is 5.10 Å². The van der Waals surface area contributed by atoms with Crippen molar-refractivity contribution in [3.8, 4) is 0 Å². The van der Waals surface area contributed by atoms with Crippen molar-refractivity contribution < 1.29 is 4.79 Å². The first-order valence-corrected chi connectivity index (χ1v) is 7.47. The van der Waals surface area contributed by atoms with Crippen LogP contribution in [0.25, 0.3) is 10.9 Å². The molecule has 0 aliphatic heterocycles. The molecule has 7 heteroatoms. The van der Waals surface area contributed by atoms with Crippen LogP contribution in [0.1, 0.15) is 11.6 Å². The van der Waals surface area contributed by atoms with Crippen LogP contribution in [0.15, 0.2) is 67.1 Å². The number of nitrogens with zero attached hydrogens (tertiary/aromatic N) is 4. The fourth-order valence-corrected chi connectivity index (χ4v) is 2.74. The van der Waals surface area contributed by atoms with Gasteiger partial charge in [-0.1, -0.05) is 36.4 Å². The molecule has 1 atom stereocenters. The predicted molar refractivity (Wildman–Crippen MR) is 89.3 cm³/mol. The molecule has 0 radical (unpaired) electrons. The molecule has 4 rings (SSSR count). The van der Waals surface area contributed by atoms with Gasteiger partial charge >= 0.3 is 0 Å². The number of benzene rings is 2. The van der Waals surface area contributed by atoms with E-state index in [1.807, 2.05) is 60.8 Å². The van der Waals surface area contributed by atoms with Crippen molar-refractivity contribution in [3.63, 3.8) is 0 Å². The van der Waals surface area contributed by atoms with Gasteiger partial charge in [0.05, 0.1) is 5.69 Å². The molecule has 0 saturated carbocycles. The molecule has 0 saturated heterocycles. The van der Waals surface area contributed by atoms with Gasteiger partial charge in [0.15, 0.2) is 6.04 Å². The molecule has 0 aliphatic rings. The Hall–Kier alpha value is -3.48. The van der Waals surface area contributed by atoms with E-state index >= 15 is 0 Å². The van der Waals surface area contributed by atoms with Gasteiger partial charge in [-0.3, -0.25) is 4.79 Å². The van der Waals surface area contributed by atoms with E-state index < -0.39 is 6.04 Å². The second kappa shape index (κ2) is 5.96. The Morgan fingerprint density at radius 2 is 1.96 bits per heavy atom. The van der Waals surface area contributed by atoms with Gasteiger partial charge in [0, 0.05) is 17.1 Å². The van der Waals surface area contributed by atoms with E-state index in [0.29, 0.717) is 0 Å². The maximum absolute atomic E-state index is 12.9. The molecule has 2 aromatic heterocycles. The number of carbonyl (C=O) groups excluding carboxylic acids is 1. The molecule has 118 valence electrons. The maximum atomic E-state index is 12.9. The molecular formula is C17H14N6O. The molecule has 2 N–H and O–H groups in total. The SMILES string of the molecule is O=C(Nc1cccc2[nH]ccc12)[C@@H](c1ccccc1)n1cnnn1. The largest absolute Gasteiger partial charge is 0.361 e. The van der Waals surface area contributed by atoms with Crippen molar-refractivity contribution in [1.29, 1.82) is 0 Å². The van der Waals surface area contributed by atoms with Crippen molar-refractivity contribution in [2.45, 2.75) is 6.04 Å². The smallest absolute Gasteiger partial charge is 0.253 e. The molecule has 0 aliphatic carbocycles. The third kappa shape index (κ3) is 2.52. The molecule has 2 heterocycles. The second-order valence-corrected chi connectivity index (χ2v) is 5.34. The van der Waals surface area contributed by atoms with E-state index in [0.717, 1.165) is 22.2 Å². The molecule has 7 nitrogen and oxygen atoms in total. The summed E-state index contributed by atoms with van der Waals surface area (Å²) in [6.45, 7) is 0. The van der Waals surface area contributed by atoms with E-state index in [1.54, 1.807) is 0 Å². The van der Waals surface area contributed by atoms with Gasteiger partial charge in [0.2, 0.25) is 0 Å². The topological polar surface area (TPSA) is 88.5 Å². The Morgan fingerprint density at radius 3 is 2.75 bits per heavy atom. The van der Waals surface area contributed by atoms with Gasteiger partial charge in [-0.2, -0.15) is 0 Å². The van der Waals surface area contributed by atoms with E-state index in [1.165, 1.54) is 11.0 Å². The first kappa shape index (κ1) is 14.1. The van der Waals surface area contributed by atoms with Gasteiger partial charge < -0.3 is 10.3 Å². The quantitative estimate of drug-likeness (QED) is 0.604. The Bertz CT molecular complexity index is 961. The molecule has 0 fully saturated rings. The van der Waals surface area contributed by atoms with Crippen molar-refractivity contribution in [2.24, 2.45) is 0 Å². The van der Waals surface area contributed by atoms with E-state index in [9.17, 15) is 4.79 Å². The molecule has 4 aromatic rings. The Morgan fingerprint density at radius 1 is 1.08 bits per heavy atom. The number of aromatic amines is 1. The van der Waals surface area contributed by atoms with Crippen LogP contribution in [-0.4, -0.2) is 31.1 Å². The summed E-state index contributed by atoms with van der Waals surface area (Å²) in [6, 6.07) is 16.4. The number of hydrogen-bond donors (Lipinski definition) is 2. The number of aromatic nitrogens is 5. The highest BCUT2D eigenvalue weighted by atomic mass is 16.2. The van der Waals surface area contributed by atoms with Crippen LogP contribution in [0, 0.1) is 0 Å². The average Bonchev–Trinajstić information content (AvgIpc) is 3.28. The lowest BCUT2D eigenvalue weighted by Gasteiger charge is -2.17. The number of hydrogen-bond acceptors (Lipinski definition) is 4. The van der Waals surface area contributed by atoms with Crippen LogP contribution in [0.2, 0.25) is 0 Å². The van der Waals surface area contributed by atoms with E-state index in [2.05, 4.69) is 25.8 Å². The molecule has 2 aromatic carbocycles. The fourth-order valence-electron chi connectivity index (χ4n) is 2.74. The van der Waals surface area contributed by atoms with Crippen molar-refractivity contribution >= 4 is 22.5 Å². The number of carbonyl (C=O) groups is 1. The van der Waals surface area contributed by atoms with Gasteiger partial charge in [-0.05, 0) is 34.2 Å². The molecule has 0 unspecified atom stereocenters. The van der Waals surface area contributed by atoms with Crippen LogP contribution in [0.4, 0.5) is 5.69 Å². The third-order valence-electron chi connectivity index (χ3n) is 3.85. The minimum absolute atomic E-state index is 0.206. The van der Waals surface area contributed by atoms with Crippen molar-refractivity contribution in [2.75, 3.05) is 5.32 Å². The van der Waals surface area contributed by atoms with Gasteiger partial charge in [0.1, 0.15) is 6.33 Å². The lowest BCUT2D eigenvalue weighted by Crippen LogP contribution is -2.27. The maximum Gasteiger partial charge on any atom is 0.253 e. The van der Waals surface area contributed by atoms with E-state index in [-0.39, 0.29) is 5.91 Å². The molecular weight excluding hydrogens is 304 g/mol. The number of amides is 1. The zero-order chi connectivity index (χ0) is 16.4.